The first-order valence-electron chi connectivity index (χ1n) is 8.14. The van der Waals surface area contributed by atoms with E-state index in [0.717, 1.165) is 15.7 Å². The number of halogens is 1. The fraction of sp³-hybridized carbons (Fsp3) is 0.0476. The minimum Gasteiger partial charge on any atom is -0.507 e. The third-order valence-corrected chi connectivity index (χ3v) is 4.67. The molecule has 0 spiro atoms. The molecule has 1 amide bonds. The molecule has 5 nitrogen and oxygen atoms in total. The Labute approximate surface area is 165 Å². The van der Waals surface area contributed by atoms with E-state index in [-0.39, 0.29) is 11.3 Å². The van der Waals surface area contributed by atoms with Crippen LogP contribution in [0.3, 0.4) is 0 Å². The van der Waals surface area contributed by atoms with E-state index in [0.29, 0.717) is 16.5 Å². The molecule has 0 radical (unpaired) electrons. The number of nitriles is 1. The molecule has 0 saturated carbocycles. The summed E-state index contributed by atoms with van der Waals surface area (Å²) >= 11 is 3.44. The van der Waals surface area contributed by atoms with Crippen LogP contribution in [0.4, 0.5) is 11.4 Å². The third-order valence-electron chi connectivity index (χ3n) is 4.01. The summed E-state index contributed by atoms with van der Waals surface area (Å²) in [5, 5.41) is 26.3. The number of carbonyl (C=O) groups excluding carboxylic acids is 1. The third kappa shape index (κ3) is 4.10. The number of hydrogen-bond donors (Lipinski definition) is 3. The summed E-state index contributed by atoms with van der Waals surface area (Å²) in [5.74, 6) is -0.408. The molecule has 0 aliphatic rings. The van der Waals surface area contributed by atoms with Gasteiger partial charge in [-0.15, -0.1) is 0 Å². The molecule has 0 atom stereocenters. The Morgan fingerprint density at radius 3 is 2.59 bits per heavy atom. The quantitative estimate of drug-likeness (QED) is 0.405. The minimum atomic E-state index is -0.538. The van der Waals surface area contributed by atoms with Gasteiger partial charge < -0.3 is 15.7 Å². The van der Waals surface area contributed by atoms with Crippen molar-refractivity contribution in [2.45, 2.75) is 6.92 Å². The fourth-order valence-electron chi connectivity index (χ4n) is 2.63. The summed E-state index contributed by atoms with van der Waals surface area (Å²) in [5.41, 5.74) is 2.29. The van der Waals surface area contributed by atoms with E-state index in [2.05, 4.69) is 26.6 Å². The van der Waals surface area contributed by atoms with Crippen molar-refractivity contribution in [3.8, 4) is 11.8 Å². The molecule has 0 fully saturated rings. The summed E-state index contributed by atoms with van der Waals surface area (Å²) in [6.07, 6.45) is 1.37. The number of phenols is 1. The van der Waals surface area contributed by atoms with Crippen molar-refractivity contribution in [3.63, 3.8) is 0 Å². The summed E-state index contributed by atoms with van der Waals surface area (Å²) in [4.78, 5) is 12.5. The molecular formula is C21H16BrN3O2. The zero-order chi connectivity index (χ0) is 19.4. The lowest BCUT2D eigenvalue weighted by Crippen LogP contribution is -2.14. The lowest BCUT2D eigenvalue weighted by molar-refractivity contribution is -0.112. The van der Waals surface area contributed by atoms with Gasteiger partial charge in [-0.25, -0.2) is 0 Å². The number of nitrogens with one attached hydrogen (secondary N) is 2. The monoisotopic (exact) mass is 421 g/mol. The molecule has 0 heterocycles. The zero-order valence-electron chi connectivity index (χ0n) is 14.5. The number of nitrogens with zero attached hydrogens (tertiary/aromatic N) is 1. The number of aryl methyl sites for hydroxylation is 1. The first kappa shape index (κ1) is 18.5. The highest BCUT2D eigenvalue weighted by Crippen LogP contribution is 2.30. The van der Waals surface area contributed by atoms with Crippen LogP contribution in [0.15, 0.2) is 70.8 Å². The van der Waals surface area contributed by atoms with Gasteiger partial charge in [0.15, 0.2) is 0 Å². The van der Waals surface area contributed by atoms with Crippen LogP contribution >= 0.6 is 15.9 Å². The molecule has 3 rings (SSSR count). The van der Waals surface area contributed by atoms with E-state index < -0.39 is 5.91 Å². The SMILES string of the molecule is Cc1ccc(N/C=C(/C#N)C(=O)Nc2cccc3c(O)cccc23)c(Br)c1. The van der Waals surface area contributed by atoms with E-state index in [9.17, 15) is 15.2 Å². The fourth-order valence-corrected chi connectivity index (χ4v) is 3.24. The standard InChI is InChI=1S/C21H16BrN3O2/c1-13-8-9-19(17(22)10-13)24-12-14(11-23)21(27)25-18-6-2-5-16-15(18)4-3-7-20(16)26/h2-10,12,24,26H,1H3,(H,25,27)/b14-12-. The molecule has 27 heavy (non-hydrogen) atoms. The molecule has 0 aromatic heterocycles. The van der Waals surface area contributed by atoms with Gasteiger partial charge in [0, 0.05) is 27.1 Å². The maximum atomic E-state index is 12.5. The number of hydrogen-bond acceptors (Lipinski definition) is 4. The van der Waals surface area contributed by atoms with Crippen LogP contribution in [0, 0.1) is 18.3 Å². The zero-order valence-corrected chi connectivity index (χ0v) is 16.0. The summed E-state index contributed by atoms with van der Waals surface area (Å²) in [6.45, 7) is 1.97. The average molecular weight is 422 g/mol. The molecule has 3 aromatic rings. The largest absolute Gasteiger partial charge is 0.507 e. The van der Waals surface area contributed by atoms with Crippen molar-refractivity contribution in [2.24, 2.45) is 0 Å². The number of benzene rings is 3. The number of rotatable bonds is 4. The van der Waals surface area contributed by atoms with Gasteiger partial charge in [-0.2, -0.15) is 5.26 Å². The minimum absolute atomic E-state index is 0.0698. The Balaban J connectivity index is 1.84. The van der Waals surface area contributed by atoms with E-state index in [1.165, 1.54) is 6.20 Å². The Morgan fingerprint density at radius 1 is 1.11 bits per heavy atom. The van der Waals surface area contributed by atoms with Crippen LogP contribution in [0.1, 0.15) is 5.56 Å². The van der Waals surface area contributed by atoms with Gasteiger partial charge in [-0.1, -0.05) is 30.3 Å². The number of phenolic OH excluding ortho intramolecular Hbond substituents is 1. The van der Waals surface area contributed by atoms with Crippen molar-refractivity contribution in [3.05, 3.63) is 76.4 Å². The van der Waals surface area contributed by atoms with Gasteiger partial charge in [0.25, 0.3) is 5.91 Å². The second-order valence-corrected chi connectivity index (χ2v) is 6.78. The predicted octanol–water partition coefficient (Wildman–Crippen LogP) is 5.07. The van der Waals surface area contributed by atoms with Gasteiger partial charge in [0.1, 0.15) is 17.4 Å². The van der Waals surface area contributed by atoms with Gasteiger partial charge in [-0.05, 0) is 52.7 Å². The molecule has 0 saturated heterocycles. The van der Waals surface area contributed by atoms with Crippen LogP contribution in [-0.2, 0) is 4.79 Å². The highest BCUT2D eigenvalue weighted by atomic mass is 79.9. The number of fused-ring (bicyclic) bond motifs is 1. The molecule has 0 aliphatic carbocycles. The van der Waals surface area contributed by atoms with Crippen molar-refractivity contribution in [2.75, 3.05) is 10.6 Å². The first-order valence-corrected chi connectivity index (χ1v) is 8.94. The molecular weight excluding hydrogens is 406 g/mol. The normalized spacial score (nSPS) is 11.1. The number of anilines is 2. The summed E-state index contributed by atoms with van der Waals surface area (Å²) < 4.78 is 0.834. The average Bonchev–Trinajstić information content (AvgIpc) is 2.64. The number of amides is 1. The smallest absolute Gasteiger partial charge is 0.267 e. The van der Waals surface area contributed by atoms with E-state index >= 15 is 0 Å². The molecule has 134 valence electrons. The maximum absolute atomic E-state index is 12.5. The van der Waals surface area contributed by atoms with Crippen molar-refractivity contribution in [1.82, 2.24) is 0 Å². The number of carbonyl (C=O) groups is 1. The summed E-state index contributed by atoms with van der Waals surface area (Å²) in [7, 11) is 0. The summed E-state index contributed by atoms with van der Waals surface area (Å²) in [6, 6.07) is 17.9. The second-order valence-electron chi connectivity index (χ2n) is 5.93. The molecule has 3 aromatic carbocycles. The van der Waals surface area contributed by atoms with Crippen LogP contribution < -0.4 is 10.6 Å². The molecule has 0 bridgehead atoms. The lowest BCUT2D eigenvalue weighted by atomic mass is 10.1. The van der Waals surface area contributed by atoms with Gasteiger partial charge in [-0.3, -0.25) is 4.79 Å². The lowest BCUT2D eigenvalue weighted by Gasteiger charge is -2.10. The highest BCUT2D eigenvalue weighted by Gasteiger charge is 2.12. The first-order chi connectivity index (χ1) is 13.0. The Bertz CT molecular complexity index is 1100. The van der Waals surface area contributed by atoms with E-state index in [1.54, 1.807) is 36.4 Å². The Hall–Kier alpha value is -3.30. The van der Waals surface area contributed by atoms with Crippen molar-refractivity contribution in [1.29, 1.82) is 5.26 Å². The molecule has 3 N–H and O–H groups in total. The topological polar surface area (TPSA) is 85.2 Å². The van der Waals surface area contributed by atoms with Crippen LogP contribution in [0.2, 0.25) is 0 Å². The molecule has 6 heteroatoms. The van der Waals surface area contributed by atoms with E-state index in [1.807, 2.05) is 31.2 Å². The molecule has 0 aliphatic heterocycles. The van der Waals surface area contributed by atoms with Crippen LogP contribution in [-0.4, -0.2) is 11.0 Å². The Morgan fingerprint density at radius 2 is 1.85 bits per heavy atom. The van der Waals surface area contributed by atoms with Gasteiger partial charge >= 0.3 is 0 Å². The van der Waals surface area contributed by atoms with Gasteiger partial charge in [0.2, 0.25) is 0 Å². The maximum Gasteiger partial charge on any atom is 0.267 e. The van der Waals surface area contributed by atoms with E-state index in [4.69, 9.17) is 0 Å². The van der Waals surface area contributed by atoms with Crippen molar-refractivity contribution >= 4 is 44.0 Å². The Kier molecular flexibility index (Phi) is 5.43. The van der Waals surface area contributed by atoms with Gasteiger partial charge in [0.05, 0.1) is 5.69 Å². The number of aromatic hydroxyl groups is 1. The second kappa shape index (κ2) is 7.94. The molecule has 0 unspecified atom stereocenters. The van der Waals surface area contributed by atoms with Crippen LogP contribution in [0.5, 0.6) is 5.75 Å². The van der Waals surface area contributed by atoms with Crippen molar-refractivity contribution < 1.29 is 9.90 Å². The van der Waals surface area contributed by atoms with Crippen LogP contribution in [0.25, 0.3) is 10.8 Å². The predicted molar refractivity (Wildman–Crippen MR) is 110 cm³/mol. The highest BCUT2D eigenvalue weighted by molar-refractivity contribution is 9.10.